The van der Waals surface area contributed by atoms with Crippen LogP contribution in [0.4, 0.5) is 4.39 Å². The Morgan fingerprint density at radius 1 is 1.20 bits per heavy atom. The second-order valence-corrected chi connectivity index (χ2v) is 4.69. The van der Waals surface area contributed by atoms with Gasteiger partial charge in [-0.25, -0.2) is 9.18 Å². The summed E-state index contributed by atoms with van der Waals surface area (Å²) in [5.74, 6) is -3.57. The number of aliphatic carboxylic acids is 2. The van der Waals surface area contributed by atoms with Gasteiger partial charge in [0.05, 0.1) is 0 Å². The molecule has 4 nitrogen and oxygen atoms in total. The third-order valence-electron chi connectivity index (χ3n) is 3.71. The van der Waals surface area contributed by atoms with Crippen LogP contribution in [-0.4, -0.2) is 22.2 Å². The van der Waals surface area contributed by atoms with Crippen LogP contribution in [0.25, 0.3) is 0 Å². The minimum atomic E-state index is -1.50. The summed E-state index contributed by atoms with van der Waals surface area (Å²) in [6.45, 7) is 1.54. The Balaban J connectivity index is 2.60. The molecule has 1 aromatic rings. The van der Waals surface area contributed by atoms with Gasteiger partial charge in [0, 0.05) is 11.5 Å². The monoisotopic (exact) mass is 276 g/mol. The van der Waals surface area contributed by atoms with Crippen molar-refractivity contribution in [2.45, 2.75) is 12.3 Å². The number of hydrogen-bond acceptors (Lipinski definition) is 2. The number of carboxylic acids is 2. The van der Waals surface area contributed by atoms with Crippen LogP contribution >= 0.6 is 0 Å². The molecule has 0 aliphatic heterocycles. The van der Waals surface area contributed by atoms with Crippen molar-refractivity contribution in [3.8, 4) is 0 Å². The zero-order chi connectivity index (χ0) is 14.9. The molecular formula is C15H13FO4. The number of hydrogen-bond donors (Lipinski definition) is 2. The summed E-state index contributed by atoms with van der Waals surface area (Å²) in [5, 5.41) is 18.8. The van der Waals surface area contributed by atoms with Crippen LogP contribution in [0.1, 0.15) is 12.5 Å². The summed E-state index contributed by atoms with van der Waals surface area (Å²) in [4.78, 5) is 23.0. The van der Waals surface area contributed by atoms with E-state index in [2.05, 4.69) is 0 Å². The zero-order valence-electron chi connectivity index (χ0n) is 10.7. The Labute approximate surface area is 114 Å². The van der Waals surface area contributed by atoms with E-state index in [0.29, 0.717) is 5.56 Å². The molecule has 0 amide bonds. The fourth-order valence-corrected chi connectivity index (χ4v) is 2.55. The normalized spacial score (nSPS) is 25.1. The lowest BCUT2D eigenvalue weighted by atomic mass is 9.66. The second-order valence-electron chi connectivity index (χ2n) is 4.69. The molecule has 2 N–H and O–H groups in total. The van der Waals surface area contributed by atoms with Gasteiger partial charge in [-0.3, -0.25) is 4.79 Å². The molecule has 2 unspecified atom stereocenters. The highest BCUT2D eigenvalue weighted by atomic mass is 19.1. The molecule has 0 radical (unpaired) electrons. The summed E-state index contributed by atoms with van der Waals surface area (Å²) < 4.78 is 13.0. The molecule has 0 heterocycles. The van der Waals surface area contributed by atoms with Gasteiger partial charge in [-0.2, -0.15) is 0 Å². The Morgan fingerprint density at radius 2 is 1.80 bits per heavy atom. The molecule has 1 aliphatic carbocycles. The molecule has 0 bridgehead atoms. The van der Waals surface area contributed by atoms with Gasteiger partial charge in [-0.05, 0) is 17.7 Å². The van der Waals surface area contributed by atoms with E-state index in [0.717, 1.165) is 0 Å². The zero-order valence-corrected chi connectivity index (χ0v) is 10.7. The van der Waals surface area contributed by atoms with E-state index in [1.807, 2.05) is 0 Å². The Bertz CT molecular complexity index is 615. The van der Waals surface area contributed by atoms with E-state index in [9.17, 15) is 19.1 Å². The topological polar surface area (TPSA) is 74.6 Å². The maximum atomic E-state index is 13.0. The van der Waals surface area contributed by atoms with E-state index >= 15 is 0 Å². The first-order valence-electron chi connectivity index (χ1n) is 6.01. The average molecular weight is 276 g/mol. The molecule has 1 aliphatic rings. The summed E-state index contributed by atoms with van der Waals surface area (Å²) in [6.07, 6.45) is 4.25. The Morgan fingerprint density at radius 3 is 2.30 bits per heavy atom. The quantitative estimate of drug-likeness (QED) is 0.888. The lowest BCUT2D eigenvalue weighted by Gasteiger charge is -2.35. The predicted molar refractivity (Wildman–Crippen MR) is 69.7 cm³/mol. The maximum Gasteiger partial charge on any atom is 0.331 e. The number of allylic oxidation sites excluding steroid dienone is 2. The average Bonchev–Trinajstić information content (AvgIpc) is 2.39. The van der Waals surface area contributed by atoms with Gasteiger partial charge >= 0.3 is 11.9 Å². The first kappa shape index (κ1) is 14.0. The summed E-state index contributed by atoms with van der Waals surface area (Å²) in [5.41, 5.74) is -1.14. The van der Waals surface area contributed by atoms with E-state index in [1.165, 1.54) is 42.5 Å². The Kier molecular flexibility index (Phi) is 3.44. The van der Waals surface area contributed by atoms with Crippen molar-refractivity contribution in [2.75, 3.05) is 0 Å². The van der Waals surface area contributed by atoms with Crippen LogP contribution in [-0.2, 0) is 15.0 Å². The van der Waals surface area contributed by atoms with Crippen LogP contribution in [0, 0.1) is 11.7 Å². The molecule has 5 heteroatoms. The summed E-state index contributed by atoms with van der Waals surface area (Å²) in [6, 6.07) is 5.07. The van der Waals surface area contributed by atoms with Crippen LogP contribution in [0.15, 0.2) is 48.1 Å². The molecule has 20 heavy (non-hydrogen) atoms. The lowest BCUT2D eigenvalue weighted by Crippen LogP contribution is -2.43. The van der Waals surface area contributed by atoms with Crippen LogP contribution in [0.2, 0.25) is 0 Å². The first-order valence-corrected chi connectivity index (χ1v) is 6.01. The molecule has 104 valence electrons. The van der Waals surface area contributed by atoms with Gasteiger partial charge in [0.1, 0.15) is 11.2 Å². The summed E-state index contributed by atoms with van der Waals surface area (Å²) >= 11 is 0. The van der Waals surface area contributed by atoms with Gasteiger partial charge in [-0.15, -0.1) is 0 Å². The number of benzene rings is 1. The number of rotatable bonds is 3. The molecule has 0 spiro atoms. The highest BCUT2D eigenvalue weighted by Crippen LogP contribution is 2.41. The van der Waals surface area contributed by atoms with Crippen molar-refractivity contribution in [2.24, 2.45) is 5.92 Å². The first-order chi connectivity index (χ1) is 9.39. The minimum absolute atomic E-state index is 0.0132. The largest absolute Gasteiger partial charge is 0.480 e. The number of carbonyl (C=O) groups is 2. The van der Waals surface area contributed by atoms with Crippen LogP contribution in [0.3, 0.4) is 0 Å². The Hall–Kier alpha value is -2.43. The molecule has 2 atom stereocenters. The highest BCUT2D eigenvalue weighted by Gasteiger charge is 2.47. The van der Waals surface area contributed by atoms with Gasteiger partial charge in [0.25, 0.3) is 0 Å². The molecule has 1 aromatic carbocycles. The van der Waals surface area contributed by atoms with E-state index in [-0.39, 0.29) is 5.57 Å². The molecule has 2 rings (SSSR count). The summed E-state index contributed by atoms with van der Waals surface area (Å²) in [7, 11) is 0. The van der Waals surface area contributed by atoms with Gasteiger partial charge < -0.3 is 10.2 Å². The van der Waals surface area contributed by atoms with Crippen molar-refractivity contribution in [3.05, 3.63) is 59.4 Å². The van der Waals surface area contributed by atoms with Gasteiger partial charge in [0.2, 0.25) is 0 Å². The minimum Gasteiger partial charge on any atom is -0.480 e. The van der Waals surface area contributed by atoms with Crippen molar-refractivity contribution in [3.63, 3.8) is 0 Å². The van der Waals surface area contributed by atoms with Crippen molar-refractivity contribution in [1.82, 2.24) is 0 Å². The maximum absolute atomic E-state index is 13.0. The fourth-order valence-electron chi connectivity index (χ4n) is 2.55. The third-order valence-corrected chi connectivity index (χ3v) is 3.71. The predicted octanol–water partition coefficient (Wildman–Crippen LogP) is 2.37. The molecular weight excluding hydrogens is 263 g/mol. The molecule has 0 fully saturated rings. The highest BCUT2D eigenvalue weighted by molar-refractivity contribution is 5.93. The number of halogens is 1. The standard InChI is InChI=1S/C15H13FO4/c1-9-12(13(17)18)3-2-8-15(9,14(19)20)10-4-6-11(16)7-5-10/h2-9H,1H3,(H,17,18)(H,19,20). The SMILES string of the molecule is CC1C(C(=O)O)=CC=CC1(C(=O)O)c1ccc(F)cc1. The van der Waals surface area contributed by atoms with E-state index in [1.54, 1.807) is 6.92 Å². The van der Waals surface area contributed by atoms with Crippen LogP contribution in [0.5, 0.6) is 0 Å². The fraction of sp³-hybridized carbons (Fsp3) is 0.200. The van der Waals surface area contributed by atoms with Crippen molar-refractivity contribution >= 4 is 11.9 Å². The second kappa shape index (κ2) is 4.92. The molecule has 0 saturated heterocycles. The van der Waals surface area contributed by atoms with E-state index in [4.69, 9.17) is 5.11 Å². The lowest BCUT2D eigenvalue weighted by molar-refractivity contribution is -0.143. The van der Waals surface area contributed by atoms with Crippen LogP contribution < -0.4 is 0 Å². The third kappa shape index (κ3) is 2.01. The van der Waals surface area contributed by atoms with Gasteiger partial charge in [0.15, 0.2) is 0 Å². The van der Waals surface area contributed by atoms with Gasteiger partial charge in [-0.1, -0.05) is 37.3 Å². The van der Waals surface area contributed by atoms with Crippen molar-refractivity contribution in [1.29, 1.82) is 0 Å². The van der Waals surface area contributed by atoms with Crippen molar-refractivity contribution < 1.29 is 24.2 Å². The smallest absolute Gasteiger partial charge is 0.331 e. The van der Waals surface area contributed by atoms with E-state index < -0.39 is 29.1 Å². The molecule has 0 saturated carbocycles. The number of carboxylic acid groups (broad SMARTS) is 2. The molecule has 0 aromatic heterocycles.